The van der Waals surface area contributed by atoms with Gasteiger partial charge in [0, 0.05) is 39.3 Å². The molecule has 0 radical (unpaired) electrons. The maximum absolute atomic E-state index is 12.1. The summed E-state index contributed by atoms with van der Waals surface area (Å²) in [4.78, 5) is 15.9. The standard InChI is InChI=1S/C17H30N4O3S/c1-19(2)13-6-12-18-17(22)11-14-21(25(5,23)24)16-9-7-15(8-10-16)20(3)4/h7-10H,6,11-14H2,1-5H3,(H,18,22). The lowest BCUT2D eigenvalue weighted by molar-refractivity contribution is -0.120. The highest BCUT2D eigenvalue weighted by Gasteiger charge is 2.18. The first kappa shape index (κ1) is 21.2. The van der Waals surface area contributed by atoms with Crippen LogP contribution in [0.15, 0.2) is 24.3 Å². The van der Waals surface area contributed by atoms with Crippen molar-refractivity contribution in [1.29, 1.82) is 0 Å². The van der Waals surface area contributed by atoms with Crippen molar-refractivity contribution in [3.8, 4) is 0 Å². The Morgan fingerprint density at radius 2 is 1.56 bits per heavy atom. The van der Waals surface area contributed by atoms with Gasteiger partial charge < -0.3 is 15.1 Å². The minimum absolute atomic E-state index is 0.125. The molecule has 1 aromatic rings. The topological polar surface area (TPSA) is 73.0 Å². The molecule has 7 nitrogen and oxygen atoms in total. The van der Waals surface area contributed by atoms with Crippen molar-refractivity contribution in [3.63, 3.8) is 0 Å². The molecule has 1 rings (SSSR count). The second-order valence-corrected chi connectivity index (χ2v) is 8.41. The molecule has 1 N–H and O–H groups in total. The summed E-state index contributed by atoms with van der Waals surface area (Å²) >= 11 is 0. The van der Waals surface area contributed by atoms with E-state index in [1.165, 1.54) is 4.31 Å². The van der Waals surface area contributed by atoms with Gasteiger partial charge in [-0.05, 0) is 51.3 Å². The Kier molecular flexibility index (Phi) is 8.18. The fourth-order valence-electron chi connectivity index (χ4n) is 2.32. The summed E-state index contributed by atoms with van der Waals surface area (Å²) in [7, 11) is 4.35. The molecule has 0 aliphatic rings. The zero-order valence-corrected chi connectivity index (χ0v) is 16.6. The summed E-state index contributed by atoms with van der Waals surface area (Å²) in [5, 5.41) is 2.83. The first-order valence-corrected chi connectivity index (χ1v) is 10.1. The van der Waals surface area contributed by atoms with Crippen LogP contribution in [0.4, 0.5) is 11.4 Å². The van der Waals surface area contributed by atoms with Crippen molar-refractivity contribution in [1.82, 2.24) is 10.2 Å². The molecule has 0 atom stereocenters. The van der Waals surface area contributed by atoms with Gasteiger partial charge in [-0.2, -0.15) is 0 Å². The molecule has 0 aliphatic heterocycles. The van der Waals surface area contributed by atoms with Gasteiger partial charge in [0.05, 0.1) is 11.9 Å². The van der Waals surface area contributed by atoms with Crippen molar-refractivity contribution >= 4 is 27.3 Å². The Labute approximate surface area is 151 Å². The van der Waals surface area contributed by atoms with E-state index in [2.05, 4.69) is 10.2 Å². The lowest BCUT2D eigenvalue weighted by Gasteiger charge is -2.23. The van der Waals surface area contributed by atoms with E-state index in [0.717, 1.165) is 24.9 Å². The van der Waals surface area contributed by atoms with Crippen LogP contribution in [0.2, 0.25) is 0 Å². The van der Waals surface area contributed by atoms with Crippen LogP contribution in [-0.2, 0) is 14.8 Å². The van der Waals surface area contributed by atoms with E-state index in [-0.39, 0.29) is 18.9 Å². The molecule has 0 saturated carbocycles. The number of nitrogens with zero attached hydrogens (tertiary/aromatic N) is 3. The van der Waals surface area contributed by atoms with Crippen molar-refractivity contribution in [2.45, 2.75) is 12.8 Å². The molecule has 8 heteroatoms. The number of nitrogens with one attached hydrogen (secondary N) is 1. The quantitative estimate of drug-likeness (QED) is 0.622. The van der Waals surface area contributed by atoms with Crippen molar-refractivity contribution in [2.75, 3.05) is 63.3 Å². The van der Waals surface area contributed by atoms with Crippen LogP contribution in [0, 0.1) is 0 Å². The molecule has 1 amide bonds. The smallest absolute Gasteiger partial charge is 0.232 e. The molecule has 25 heavy (non-hydrogen) atoms. The third-order valence-electron chi connectivity index (χ3n) is 3.70. The largest absolute Gasteiger partial charge is 0.378 e. The molecule has 0 spiro atoms. The fraction of sp³-hybridized carbons (Fsp3) is 0.588. The van der Waals surface area contributed by atoms with Gasteiger partial charge in [0.2, 0.25) is 15.9 Å². The highest BCUT2D eigenvalue weighted by atomic mass is 32.2. The Balaban J connectivity index is 2.64. The van der Waals surface area contributed by atoms with Gasteiger partial charge in [-0.3, -0.25) is 9.10 Å². The number of sulfonamides is 1. The van der Waals surface area contributed by atoms with Gasteiger partial charge in [-0.25, -0.2) is 8.42 Å². The lowest BCUT2D eigenvalue weighted by atomic mass is 10.2. The summed E-state index contributed by atoms with van der Waals surface area (Å²) in [5.41, 5.74) is 1.55. The number of benzene rings is 1. The van der Waals surface area contributed by atoms with E-state index in [9.17, 15) is 13.2 Å². The van der Waals surface area contributed by atoms with E-state index in [0.29, 0.717) is 12.2 Å². The SMILES string of the molecule is CN(C)CCCNC(=O)CCN(c1ccc(N(C)C)cc1)S(C)(=O)=O. The highest BCUT2D eigenvalue weighted by Crippen LogP contribution is 2.21. The number of carbonyl (C=O) groups excluding carboxylic acids is 1. The molecule has 0 aliphatic carbocycles. The van der Waals surface area contributed by atoms with Gasteiger partial charge >= 0.3 is 0 Å². The first-order valence-electron chi connectivity index (χ1n) is 8.28. The van der Waals surface area contributed by atoms with Gasteiger partial charge in [0.25, 0.3) is 0 Å². The van der Waals surface area contributed by atoms with E-state index in [4.69, 9.17) is 0 Å². The minimum Gasteiger partial charge on any atom is -0.378 e. The summed E-state index contributed by atoms with van der Waals surface area (Å²) in [5.74, 6) is -0.141. The van der Waals surface area contributed by atoms with Gasteiger partial charge in [-0.1, -0.05) is 0 Å². The number of carbonyl (C=O) groups is 1. The average molecular weight is 371 g/mol. The van der Waals surface area contributed by atoms with Crippen LogP contribution in [0.3, 0.4) is 0 Å². The molecule has 0 saturated heterocycles. The zero-order chi connectivity index (χ0) is 19.0. The Hall–Kier alpha value is -1.80. The van der Waals surface area contributed by atoms with Crippen molar-refractivity contribution < 1.29 is 13.2 Å². The summed E-state index contributed by atoms with van der Waals surface area (Å²) in [6.07, 6.45) is 2.15. The number of hydrogen-bond acceptors (Lipinski definition) is 5. The summed E-state index contributed by atoms with van der Waals surface area (Å²) in [6, 6.07) is 7.22. The average Bonchev–Trinajstić information content (AvgIpc) is 2.50. The second-order valence-electron chi connectivity index (χ2n) is 6.50. The van der Waals surface area contributed by atoms with Crippen molar-refractivity contribution in [2.24, 2.45) is 0 Å². The highest BCUT2D eigenvalue weighted by molar-refractivity contribution is 7.92. The Morgan fingerprint density at radius 1 is 1.00 bits per heavy atom. The predicted octanol–water partition coefficient (Wildman–Crippen LogP) is 0.977. The maximum Gasteiger partial charge on any atom is 0.232 e. The molecule has 0 fully saturated rings. The third-order valence-corrected chi connectivity index (χ3v) is 4.89. The molecule has 0 heterocycles. The third kappa shape index (κ3) is 7.74. The Bertz CT molecular complexity index is 642. The van der Waals surface area contributed by atoms with Crippen LogP contribution < -0.4 is 14.5 Å². The van der Waals surface area contributed by atoms with E-state index >= 15 is 0 Å². The van der Waals surface area contributed by atoms with Crippen LogP contribution in [-0.4, -0.2) is 73.3 Å². The molecule has 0 aromatic heterocycles. The molecular weight excluding hydrogens is 340 g/mol. The van der Waals surface area contributed by atoms with E-state index in [1.807, 2.05) is 45.2 Å². The van der Waals surface area contributed by atoms with Gasteiger partial charge in [-0.15, -0.1) is 0 Å². The number of anilines is 2. The van der Waals surface area contributed by atoms with Crippen LogP contribution in [0.1, 0.15) is 12.8 Å². The van der Waals surface area contributed by atoms with Crippen LogP contribution in [0.25, 0.3) is 0 Å². The van der Waals surface area contributed by atoms with Crippen LogP contribution >= 0.6 is 0 Å². The molecule has 1 aromatic carbocycles. The normalized spacial score (nSPS) is 11.4. The van der Waals surface area contributed by atoms with E-state index in [1.54, 1.807) is 12.1 Å². The van der Waals surface area contributed by atoms with Gasteiger partial charge in [0.15, 0.2) is 0 Å². The Morgan fingerprint density at radius 3 is 2.04 bits per heavy atom. The summed E-state index contributed by atoms with van der Waals surface area (Å²) in [6.45, 7) is 1.61. The van der Waals surface area contributed by atoms with Crippen LogP contribution in [0.5, 0.6) is 0 Å². The molecule has 142 valence electrons. The minimum atomic E-state index is -3.45. The number of hydrogen-bond donors (Lipinski definition) is 1. The number of amides is 1. The second kappa shape index (κ2) is 9.62. The van der Waals surface area contributed by atoms with E-state index < -0.39 is 10.0 Å². The molecular formula is C17H30N4O3S. The predicted molar refractivity (Wildman–Crippen MR) is 104 cm³/mol. The zero-order valence-electron chi connectivity index (χ0n) is 15.8. The first-order chi connectivity index (χ1) is 11.6. The lowest BCUT2D eigenvalue weighted by Crippen LogP contribution is -2.35. The monoisotopic (exact) mass is 370 g/mol. The maximum atomic E-state index is 12.1. The summed E-state index contributed by atoms with van der Waals surface area (Å²) < 4.78 is 25.4. The van der Waals surface area contributed by atoms with Gasteiger partial charge in [0.1, 0.15) is 0 Å². The number of rotatable bonds is 10. The molecule has 0 bridgehead atoms. The fourth-order valence-corrected chi connectivity index (χ4v) is 3.25. The molecule has 0 unspecified atom stereocenters. The van der Waals surface area contributed by atoms with Crippen molar-refractivity contribution in [3.05, 3.63) is 24.3 Å².